The van der Waals surface area contributed by atoms with Gasteiger partial charge in [-0.2, -0.15) is 0 Å². The first-order chi connectivity index (χ1) is 6.27. The van der Waals surface area contributed by atoms with E-state index < -0.39 is 0 Å². The van der Waals surface area contributed by atoms with Gasteiger partial charge in [-0.05, 0) is 35.2 Å². The van der Waals surface area contributed by atoms with Crippen molar-refractivity contribution in [2.24, 2.45) is 0 Å². The standard InChI is InChI=1S/C8H8BrClN2O/c9-6-7(10)11-4-12-8(6)13-5-2-1-3-5/h4-5H,1-3H2. The first-order valence-corrected chi connectivity index (χ1v) is 5.27. The number of hydrogen-bond acceptors (Lipinski definition) is 3. The highest BCUT2D eigenvalue weighted by atomic mass is 79.9. The molecule has 1 aliphatic carbocycles. The average Bonchev–Trinajstić information content (AvgIpc) is 2.04. The van der Waals surface area contributed by atoms with Gasteiger partial charge < -0.3 is 4.74 Å². The van der Waals surface area contributed by atoms with Gasteiger partial charge in [0.05, 0.1) is 0 Å². The van der Waals surface area contributed by atoms with Crippen LogP contribution in [-0.4, -0.2) is 16.1 Å². The molecular weight excluding hydrogens is 255 g/mol. The van der Waals surface area contributed by atoms with Crippen LogP contribution in [0.5, 0.6) is 5.88 Å². The number of halogens is 2. The lowest BCUT2D eigenvalue weighted by Crippen LogP contribution is -2.25. The second kappa shape index (κ2) is 3.80. The minimum absolute atomic E-state index is 0.308. The van der Waals surface area contributed by atoms with Crippen molar-refractivity contribution in [3.8, 4) is 5.88 Å². The first-order valence-electron chi connectivity index (χ1n) is 4.10. The molecule has 0 N–H and O–H groups in total. The summed E-state index contributed by atoms with van der Waals surface area (Å²) in [6, 6.07) is 0. The third-order valence-corrected chi connectivity index (χ3v) is 3.28. The Bertz CT molecular complexity index is 317. The van der Waals surface area contributed by atoms with Gasteiger partial charge in [0.2, 0.25) is 5.88 Å². The molecule has 0 aromatic carbocycles. The second-order valence-corrected chi connectivity index (χ2v) is 4.11. The average molecular weight is 264 g/mol. The summed E-state index contributed by atoms with van der Waals surface area (Å²) in [4.78, 5) is 7.81. The van der Waals surface area contributed by atoms with Gasteiger partial charge in [-0.15, -0.1) is 0 Å². The van der Waals surface area contributed by atoms with Crippen LogP contribution >= 0.6 is 27.5 Å². The van der Waals surface area contributed by atoms with Crippen LogP contribution in [0.15, 0.2) is 10.8 Å². The molecule has 1 aromatic heterocycles. The highest BCUT2D eigenvalue weighted by molar-refractivity contribution is 9.10. The largest absolute Gasteiger partial charge is 0.473 e. The molecule has 0 amide bonds. The van der Waals surface area contributed by atoms with E-state index in [1.807, 2.05) is 0 Å². The van der Waals surface area contributed by atoms with Gasteiger partial charge in [-0.25, -0.2) is 9.97 Å². The van der Waals surface area contributed by atoms with Crippen molar-refractivity contribution in [3.05, 3.63) is 16.0 Å². The van der Waals surface area contributed by atoms with E-state index in [4.69, 9.17) is 16.3 Å². The van der Waals surface area contributed by atoms with Crippen molar-refractivity contribution in [2.75, 3.05) is 0 Å². The molecule has 0 radical (unpaired) electrons. The fourth-order valence-corrected chi connectivity index (χ4v) is 1.48. The Morgan fingerprint density at radius 1 is 1.46 bits per heavy atom. The summed E-state index contributed by atoms with van der Waals surface area (Å²) in [5, 5.41) is 0.393. The SMILES string of the molecule is Clc1ncnc(OC2CCC2)c1Br. The Morgan fingerprint density at radius 2 is 2.23 bits per heavy atom. The van der Waals surface area contributed by atoms with E-state index in [0.29, 0.717) is 21.6 Å². The molecule has 70 valence electrons. The summed E-state index contributed by atoms with van der Waals surface area (Å²) in [7, 11) is 0. The minimum atomic E-state index is 0.308. The predicted molar refractivity (Wildman–Crippen MR) is 53.0 cm³/mol. The zero-order chi connectivity index (χ0) is 9.26. The van der Waals surface area contributed by atoms with Gasteiger partial charge in [0.1, 0.15) is 16.9 Å². The number of ether oxygens (including phenoxy) is 1. The number of nitrogens with zero attached hydrogens (tertiary/aromatic N) is 2. The van der Waals surface area contributed by atoms with Crippen LogP contribution in [0.4, 0.5) is 0 Å². The molecule has 0 atom stereocenters. The van der Waals surface area contributed by atoms with Crippen molar-refractivity contribution < 1.29 is 4.74 Å². The normalized spacial score (nSPS) is 16.8. The summed E-state index contributed by atoms with van der Waals surface area (Å²) in [6.07, 6.45) is 5.16. The maximum atomic E-state index is 5.78. The van der Waals surface area contributed by atoms with Gasteiger partial charge in [-0.1, -0.05) is 11.6 Å². The van der Waals surface area contributed by atoms with Gasteiger partial charge >= 0.3 is 0 Å². The van der Waals surface area contributed by atoms with E-state index in [2.05, 4.69) is 25.9 Å². The summed E-state index contributed by atoms with van der Waals surface area (Å²) < 4.78 is 6.22. The van der Waals surface area contributed by atoms with Crippen LogP contribution < -0.4 is 4.74 Å². The Balaban J connectivity index is 2.14. The van der Waals surface area contributed by atoms with E-state index in [1.165, 1.54) is 12.7 Å². The third kappa shape index (κ3) is 1.94. The Labute approximate surface area is 89.6 Å². The second-order valence-electron chi connectivity index (χ2n) is 2.95. The van der Waals surface area contributed by atoms with Crippen LogP contribution in [0.1, 0.15) is 19.3 Å². The van der Waals surface area contributed by atoms with E-state index in [9.17, 15) is 0 Å². The maximum Gasteiger partial charge on any atom is 0.232 e. The number of rotatable bonds is 2. The van der Waals surface area contributed by atoms with Crippen LogP contribution in [-0.2, 0) is 0 Å². The van der Waals surface area contributed by atoms with Crippen molar-refractivity contribution in [2.45, 2.75) is 25.4 Å². The molecule has 1 saturated carbocycles. The molecule has 0 unspecified atom stereocenters. The molecule has 1 fully saturated rings. The molecule has 0 bridgehead atoms. The molecule has 13 heavy (non-hydrogen) atoms. The first kappa shape index (κ1) is 9.21. The molecule has 3 nitrogen and oxygen atoms in total. The van der Waals surface area contributed by atoms with Crippen molar-refractivity contribution in [1.29, 1.82) is 0 Å². The molecule has 5 heteroatoms. The maximum absolute atomic E-state index is 5.78. The molecule has 1 heterocycles. The Morgan fingerprint density at radius 3 is 2.85 bits per heavy atom. The van der Waals surface area contributed by atoms with Crippen molar-refractivity contribution in [3.63, 3.8) is 0 Å². The molecule has 1 aromatic rings. The highest BCUT2D eigenvalue weighted by Gasteiger charge is 2.21. The van der Waals surface area contributed by atoms with E-state index in [1.54, 1.807) is 0 Å². The van der Waals surface area contributed by atoms with Crippen LogP contribution in [0.25, 0.3) is 0 Å². The van der Waals surface area contributed by atoms with E-state index in [-0.39, 0.29) is 0 Å². The monoisotopic (exact) mass is 262 g/mol. The summed E-state index contributed by atoms with van der Waals surface area (Å²) in [6.45, 7) is 0. The molecule has 1 aliphatic rings. The molecule has 0 saturated heterocycles. The molecular formula is C8H8BrClN2O. The molecule has 0 spiro atoms. The summed E-state index contributed by atoms with van der Waals surface area (Å²) in [5.74, 6) is 0.546. The minimum Gasteiger partial charge on any atom is -0.473 e. The summed E-state index contributed by atoms with van der Waals surface area (Å²) in [5.41, 5.74) is 0. The quantitative estimate of drug-likeness (QED) is 0.770. The number of hydrogen-bond donors (Lipinski definition) is 0. The molecule has 0 aliphatic heterocycles. The smallest absolute Gasteiger partial charge is 0.232 e. The van der Waals surface area contributed by atoms with Crippen LogP contribution in [0, 0.1) is 0 Å². The zero-order valence-corrected chi connectivity index (χ0v) is 9.18. The molecule has 2 rings (SSSR count). The number of aromatic nitrogens is 2. The highest BCUT2D eigenvalue weighted by Crippen LogP contribution is 2.31. The van der Waals surface area contributed by atoms with Gasteiger partial charge in [0.15, 0.2) is 5.15 Å². The lowest BCUT2D eigenvalue weighted by atomic mass is 9.96. The Hall–Kier alpha value is -0.350. The van der Waals surface area contributed by atoms with E-state index in [0.717, 1.165) is 12.8 Å². The van der Waals surface area contributed by atoms with Gasteiger partial charge in [-0.3, -0.25) is 0 Å². The van der Waals surface area contributed by atoms with Gasteiger partial charge in [0, 0.05) is 0 Å². The van der Waals surface area contributed by atoms with E-state index >= 15 is 0 Å². The summed E-state index contributed by atoms with van der Waals surface area (Å²) >= 11 is 9.06. The van der Waals surface area contributed by atoms with Gasteiger partial charge in [0.25, 0.3) is 0 Å². The Kier molecular flexibility index (Phi) is 2.69. The lowest BCUT2D eigenvalue weighted by Gasteiger charge is -2.25. The fourth-order valence-electron chi connectivity index (χ4n) is 1.06. The van der Waals surface area contributed by atoms with Crippen molar-refractivity contribution in [1.82, 2.24) is 9.97 Å². The lowest BCUT2D eigenvalue weighted by molar-refractivity contribution is 0.113. The zero-order valence-electron chi connectivity index (χ0n) is 6.83. The fraction of sp³-hybridized carbons (Fsp3) is 0.500. The predicted octanol–water partition coefficient (Wildman–Crippen LogP) is 2.82. The van der Waals surface area contributed by atoms with Crippen LogP contribution in [0.3, 0.4) is 0 Å². The topological polar surface area (TPSA) is 35.0 Å². The van der Waals surface area contributed by atoms with Crippen molar-refractivity contribution >= 4 is 27.5 Å². The van der Waals surface area contributed by atoms with Crippen LogP contribution in [0.2, 0.25) is 5.15 Å². The third-order valence-electron chi connectivity index (χ3n) is 2.05.